The maximum Gasteiger partial charge on any atom is 0.338 e. The summed E-state index contributed by atoms with van der Waals surface area (Å²) in [4.78, 5) is 24.3. The average molecular weight is 419 g/mol. The molecule has 7 nitrogen and oxygen atoms in total. The molecule has 1 amide bonds. The van der Waals surface area contributed by atoms with Gasteiger partial charge in [0, 0.05) is 18.8 Å². The molecular formula is C21H26N2O5S. The van der Waals surface area contributed by atoms with Crippen LogP contribution in [0.4, 0.5) is 5.69 Å². The molecule has 0 fully saturated rings. The van der Waals surface area contributed by atoms with E-state index in [1.165, 1.54) is 10.4 Å². The average Bonchev–Trinajstić information content (AvgIpc) is 2.68. The van der Waals surface area contributed by atoms with Gasteiger partial charge in [-0.1, -0.05) is 37.6 Å². The summed E-state index contributed by atoms with van der Waals surface area (Å²) in [5, 5.41) is 2.58. The van der Waals surface area contributed by atoms with E-state index in [1.54, 1.807) is 51.1 Å². The van der Waals surface area contributed by atoms with Crippen LogP contribution in [0.25, 0.3) is 0 Å². The highest BCUT2D eigenvalue weighted by Gasteiger charge is 2.24. The molecule has 1 N–H and O–H groups in total. The van der Waals surface area contributed by atoms with Gasteiger partial charge in [0.2, 0.25) is 10.0 Å². The van der Waals surface area contributed by atoms with Crippen molar-refractivity contribution in [3.8, 4) is 0 Å². The number of esters is 1. The Kier molecular flexibility index (Phi) is 7.53. The van der Waals surface area contributed by atoms with Crippen LogP contribution in [0.1, 0.15) is 35.3 Å². The van der Waals surface area contributed by atoms with Crippen molar-refractivity contribution in [1.82, 2.24) is 4.31 Å². The molecule has 0 aliphatic rings. The molecule has 156 valence electrons. The minimum absolute atomic E-state index is 0.135. The van der Waals surface area contributed by atoms with E-state index < -0.39 is 28.5 Å². The first-order valence-electron chi connectivity index (χ1n) is 9.33. The summed E-state index contributed by atoms with van der Waals surface area (Å²) in [6, 6.07) is 11.5. The quantitative estimate of drug-likeness (QED) is 0.665. The zero-order chi connectivity index (χ0) is 21.6. The lowest BCUT2D eigenvalue weighted by molar-refractivity contribution is -0.119. The monoisotopic (exact) mass is 418 g/mol. The summed E-state index contributed by atoms with van der Waals surface area (Å²) in [5.74, 6) is -1.15. The minimum atomic E-state index is -3.66. The Bertz CT molecular complexity index is 998. The van der Waals surface area contributed by atoms with Crippen LogP contribution < -0.4 is 5.32 Å². The standard InChI is InChI=1S/C21H26N2O5S/c1-5-23(6-2)29(26,27)19-13-18(11-10-16(19)4)22-20(24)14-28-21(25)17-9-7-8-15(3)12-17/h7-13H,5-6,14H2,1-4H3,(H,22,24). The molecule has 0 saturated heterocycles. The molecule has 0 radical (unpaired) electrons. The number of carbonyl (C=O) groups excluding carboxylic acids is 2. The number of nitrogens with one attached hydrogen (secondary N) is 1. The summed E-state index contributed by atoms with van der Waals surface area (Å²) in [6.45, 7) is 7.32. The van der Waals surface area contributed by atoms with Gasteiger partial charge in [-0.05, 0) is 43.7 Å². The van der Waals surface area contributed by atoms with E-state index in [4.69, 9.17) is 4.74 Å². The molecule has 0 spiro atoms. The van der Waals surface area contributed by atoms with Gasteiger partial charge in [-0.15, -0.1) is 0 Å². The molecule has 2 aromatic carbocycles. The van der Waals surface area contributed by atoms with Crippen LogP contribution >= 0.6 is 0 Å². The lowest BCUT2D eigenvalue weighted by Gasteiger charge is -2.20. The first kappa shape index (κ1) is 22.6. The number of benzene rings is 2. The van der Waals surface area contributed by atoms with Gasteiger partial charge in [-0.3, -0.25) is 4.79 Å². The van der Waals surface area contributed by atoms with Crippen molar-refractivity contribution in [1.29, 1.82) is 0 Å². The maximum absolute atomic E-state index is 12.8. The Morgan fingerprint density at radius 2 is 1.72 bits per heavy atom. The number of aryl methyl sites for hydroxylation is 2. The number of rotatable bonds is 8. The van der Waals surface area contributed by atoms with Crippen LogP contribution in [0.15, 0.2) is 47.4 Å². The van der Waals surface area contributed by atoms with Crippen LogP contribution in [-0.2, 0) is 19.6 Å². The molecule has 0 aliphatic heterocycles. The van der Waals surface area contributed by atoms with Crippen molar-refractivity contribution in [2.75, 3.05) is 25.0 Å². The van der Waals surface area contributed by atoms with Crippen molar-refractivity contribution < 1.29 is 22.7 Å². The van der Waals surface area contributed by atoms with E-state index in [2.05, 4.69) is 5.32 Å². The van der Waals surface area contributed by atoms with Gasteiger partial charge in [-0.2, -0.15) is 4.31 Å². The molecule has 0 aliphatic carbocycles. The molecule has 0 bridgehead atoms. The number of carbonyl (C=O) groups is 2. The van der Waals surface area contributed by atoms with Crippen LogP contribution in [0.3, 0.4) is 0 Å². The minimum Gasteiger partial charge on any atom is -0.452 e. The van der Waals surface area contributed by atoms with Gasteiger partial charge in [0.25, 0.3) is 5.91 Å². The molecule has 0 saturated carbocycles. The smallest absolute Gasteiger partial charge is 0.338 e. The predicted octanol–water partition coefficient (Wildman–Crippen LogP) is 3.13. The Balaban J connectivity index is 2.08. The zero-order valence-corrected chi connectivity index (χ0v) is 17.9. The van der Waals surface area contributed by atoms with E-state index in [-0.39, 0.29) is 4.90 Å². The van der Waals surface area contributed by atoms with E-state index in [9.17, 15) is 18.0 Å². The Labute approximate surface area is 171 Å². The second-order valence-electron chi connectivity index (χ2n) is 6.56. The highest BCUT2D eigenvalue weighted by Crippen LogP contribution is 2.23. The Morgan fingerprint density at radius 3 is 2.34 bits per heavy atom. The van der Waals surface area contributed by atoms with Crippen molar-refractivity contribution >= 4 is 27.6 Å². The predicted molar refractivity (Wildman–Crippen MR) is 111 cm³/mol. The molecule has 0 aromatic heterocycles. The van der Waals surface area contributed by atoms with Gasteiger partial charge < -0.3 is 10.1 Å². The largest absolute Gasteiger partial charge is 0.452 e. The van der Waals surface area contributed by atoms with Crippen LogP contribution in [0.5, 0.6) is 0 Å². The highest BCUT2D eigenvalue weighted by molar-refractivity contribution is 7.89. The topological polar surface area (TPSA) is 92.8 Å². The molecule has 0 unspecified atom stereocenters. The number of anilines is 1. The Morgan fingerprint density at radius 1 is 1.03 bits per heavy atom. The van der Waals surface area contributed by atoms with Crippen molar-refractivity contribution in [2.45, 2.75) is 32.6 Å². The van der Waals surface area contributed by atoms with E-state index in [1.807, 2.05) is 13.0 Å². The fraction of sp³-hybridized carbons (Fsp3) is 0.333. The highest BCUT2D eigenvalue weighted by atomic mass is 32.2. The number of amides is 1. The van der Waals surface area contributed by atoms with Gasteiger partial charge >= 0.3 is 5.97 Å². The molecule has 2 aromatic rings. The number of hydrogen-bond acceptors (Lipinski definition) is 5. The number of hydrogen-bond donors (Lipinski definition) is 1. The van der Waals surface area contributed by atoms with E-state index in [0.29, 0.717) is 29.9 Å². The third-order valence-corrected chi connectivity index (χ3v) is 6.58. The summed E-state index contributed by atoms with van der Waals surface area (Å²) in [5.41, 5.74) is 2.17. The molecular weight excluding hydrogens is 392 g/mol. The maximum atomic E-state index is 12.8. The van der Waals surface area contributed by atoms with E-state index >= 15 is 0 Å². The fourth-order valence-corrected chi connectivity index (χ4v) is 4.55. The fourth-order valence-electron chi connectivity index (χ4n) is 2.84. The molecule has 0 atom stereocenters. The third kappa shape index (κ3) is 5.65. The van der Waals surface area contributed by atoms with Gasteiger partial charge in [0.05, 0.1) is 10.5 Å². The van der Waals surface area contributed by atoms with Crippen LogP contribution in [-0.4, -0.2) is 44.3 Å². The van der Waals surface area contributed by atoms with Gasteiger partial charge in [0.1, 0.15) is 0 Å². The third-order valence-electron chi connectivity index (χ3n) is 4.38. The Hall–Kier alpha value is -2.71. The van der Waals surface area contributed by atoms with Crippen molar-refractivity contribution in [2.24, 2.45) is 0 Å². The van der Waals surface area contributed by atoms with E-state index in [0.717, 1.165) is 5.56 Å². The SMILES string of the molecule is CCN(CC)S(=O)(=O)c1cc(NC(=O)COC(=O)c2cccc(C)c2)ccc1C. The van der Waals surface area contributed by atoms with Crippen molar-refractivity contribution in [3.05, 3.63) is 59.2 Å². The van der Waals surface area contributed by atoms with Crippen LogP contribution in [0, 0.1) is 13.8 Å². The first-order chi connectivity index (χ1) is 13.7. The summed E-state index contributed by atoms with van der Waals surface area (Å²) in [7, 11) is -3.66. The number of ether oxygens (including phenoxy) is 1. The summed E-state index contributed by atoms with van der Waals surface area (Å²) >= 11 is 0. The van der Waals surface area contributed by atoms with Crippen molar-refractivity contribution in [3.63, 3.8) is 0 Å². The second-order valence-corrected chi connectivity index (χ2v) is 8.47. The molecule has 2 rings (SSSR count). The lowest BCUT2D eigenvalue weighted by atomic mass is 10.1. The normalized spacial score (nSPS) is 11.3. The first-order valence-corrected chi connectivity index (χ1v) is 10.8. The molecule has 8 heteroatoms. The van der Waals surface area contributed by atoms with Gasteiger partial charge in [0.15, 0.2) is 6.61 Å². The zero-order valence-electron chi connectivity index (χ0n) is 17.1. The number of nitrogens with zero attached hydrogens (tertiary/aromatic N) is 1. The van der Waals surface area contributed by atoms with Gasteiger partial charge in [-0.25, -0.2) is 13.2 Å². The molecule has 29 heavy (non-hydrogen) atoms. The van der Waals surface area contributed by atoms with Crippen LogP contribution in [0.2, 0.25) is 0 Å². The lowest BCUT2D eigenvalue weighted by Crippen LogP contribution is -2.31. The summed E-state index contributed by atoms with van der Waals surface area (Å²) < 4.78 is 32.0. The second kappa shape index (κ2) is 9.67. The molecule has 0 heterocycles. The summed E-state index contributed by atoms with van der Waals surface area (Å²) in [6.07, 6.45) is 0. The number of sulfonamides is 1.